The SMILES string of the molecule is O=C(O)COc1ncc(-c2cc(NC(=O)c3cc(F)cc(C(F)(F)F)c3)c3c(c2)C(=O)NC3c2cc(F)ccc2Cl)cn1. The van der Waals surface area contributed by atoms with Gasteiger partial charge < -0.3 is 20.5 Å². The lowest BCUT2D eigenvalue weighted by Crippen LogP contribution is -2.21. The molecule has 1 atom stereocenters. The van der Waals surface area contributed by atoms with Gasteiger partial charge in [0.25, 0.3) is 11.8 Å². The maximum atomic E-state index is 14.2. The monoisotopic (exact) mass is 618 g/mol. The fraction of sp³-hybridized carbons (Fsp3) is 0.107. The van der Waals surface area contributed by atoms with Gasteiger partial charge in [0.05, 0.1) is 11.6 Å². The third-order valence-corrected chi connectivity index (χ3v) is 6.62. The Hall–Kier alpha value is -5.11. The van der Waals surface area contributed by atoms with Crippen molar-refractivity contribution < 1.29 is 46.2 Å². The van der Waals surface area contributed by atoms with Gasteiger partial charge in [0.2, 0.25) is 0 Å². The van der Waals surface area contributed by atoms with E-state index >= 15 is 0 Å². The normalized spacial score (nSPS) is 14.2. The molecule has 5 rings (SSSR count). The van der Waals surface area contributed by atoms with Crippen LogP contribution in [0.25, 0.3) is 11.1 Å². The first-order chi connectivity index (χ1) is 20.3. The molecule has 2 heterocycles. The van der Waals surface area contributed by atoms with Crippen LogP contribution in [0.3, 0.4) is 0 Å². The minimum absolute atomic E-state index is 0.000413. The van der Waals surface area contributed by atoms with Crippen LogP contribution < -0.4 is 15.4 Å². The Morgan fingerprint density at radius 3 is 2.40 bits per heavy atom. The van der Waals surface area contributed by atoms with Crippen molar-refractivity contribution in [2.45, 2.75) is 12.2 Å². The quantitative estimate of drug-likeness (QED) is 0.229. The Morgan fingerprint density at radius 2 is 1.72 bits per heavy atom. The number of amides is 2. The lowest BCUT2D eigenvalue weighted by Gasteiger charge is -2.19. The van der Waals surface area contributed by atoms with Gasteiger partial charge in [-0.15, -0.1) is 0 Å². The van der Waals surface area contributed by atoms with Crippen LogP contribution >= 0.6 is 11.6 Å². The number of carboxylic acids is 1. The summed E-state index contributed by atoms with van der Waals surface area (Å²) in [7, 11) is 0. The summed E-state index contributed by atoms with van der Waals surface area (Å²) in [4.78, 5) is 44.8. The second kappa shape index (κ2) is 11.3. The summed E-state index contributed by atoms with van der Waals surface area (Å²) in [5.41, 5.74) is -1.38. The molecular weight excluding hydrogens is 603 g/mol. The third kappa shape index (κ3) is 6.23. The van der Waals surface area contributed by atoms with Crippen molar-refractivity contribution in [1.82, 2.24) is 15.3 Å². The van der Waals surface area contributed by atoms with E-state index in [9.17, 15) is 36.3 Å². The Balaban J connectivity index is 1.61. The average Bonchev–Trinajstić information content (AvgIpc) is 3.28. The zero-order valence-electron chi connectivity index (χ0n) is 21.3. The molecule has 1 unspecified atom stereocenters. The highest BCUT2D eigenvalue weighted by Crippen LogP contribution is 2.42. The largest absolute Gasteiger partial charge is 0.479 e. The number of anilines is 1. The summed E-state index contributed by atoms with van der Waals surface area (Å²) in [6, 6.07) is 6.19. The molecule has 0 spiro atoms. The van der Waals surface area contributed by atoms with Crippen LogP contribution in [-0.4, -0.2) is 39.5 Å². The van der Waals surface area contributed by atoms with Crippen molar-refractivity contribution in [3.8, 4) is 17.1 Å². The van der Waals surface area contributed by atoms with E-state index in [1.54, 1.807) is 0 Å². The van der Waals surface area contributed by atoms with Crippen molar-refractivity contribution in [3.05, 3.63) is 105 Å². The third-order valence-electron chi connectivity index (χ3n) is 6.28. The number of halogens is 6. The summed E-state index contributed by atoms with van der Waals surface area (Å²) in [5.74, 6) is -5.02. The highest BCUT2D eigenvalue weighted by Gasteiger charge is 2.36. The van der Waals surface area contributed by atoms with E-state index in [0.29, 0.717) is 12.1 Å². The topological polar surface area (TPSA) is 131 Å². The number of nitrogens with one attached hydrogen (secondary N) is 2. The number of benzene rings is 3. The van der Waals surface area contributed by atoms with E-state index in [4.69, 9.17) is 21.4 Å². The van der Waals surface area contributed by atoms with Crippen LogP contribution in [0, 0.1) is 11.6 Å². The van der Waals surface area contributed by atoms with Gasteiger partial charge in [-0.1, -0.05) is 11.6 Å². The molecule has 0 saturated carbocycles. The molecular formula is C28H16ClF5N4O5. The molecule has 9 nitrogen and oxygen atoms in total. The number of aliphatic carboxylic acids is 1. The summed E-state index contributed by atoms with van der Waals surface area (Å²) in [6.07, 6.45) is -2.45. The van der Waals surface area contributed by atoms with Crippen molar-refractivity contribution >= 4 is 35.1 Å². The van der Waals surface area contributed by atoms with Gasteiger partial charge in [0.1, 0.15) is 11.6 Å². The molecule has 2 amide bonds. The molecule has 43 heavy (non-hydrogen) atoms. The summed E-state index contributed by atoms with van der Waals surface area (Å²) < 4.78 is 73.0. The van der Waals surface area contributed by atoms with E-state index < -0.39 is 59.4 Å². The van der Waals surface area contributed by atoms with E-state index in [1.807, 2.05) is 0 Å². The number of carbonyl (C=O) groups is 3. The van der Waals surface area contributed by atoms with Crippen LogP contribution in [0.15, 0.2) is 60.9 Å². The molecule has 0 saturated heterocycles. The van der Waals surface area contributed by atoms with Gasteiger partial charge in [-0.3, -0.25) is 9.59 Å². The molecule has 1 aromatic heterocycles. The second-order valence-corrected chi connectivity index (χ2v) is 9.58. The molecule has 0 bridgehead atoms. The van der Waals surface area contributed by atoms with E-state index in [-0.39, 0.29) is 50.6 Å². The van der Waals surface area contributed by atoms with E-state index in [0.717, 1.165) is 12.1 Å². The Bertz CT molecular complexity index is 1780. The number of aromatic nitrogens is 2. The van der Waals surface area contributed by atoms with Gasteiger partial charge in [0, 0.05) is 50.9 Å². The standard InChI is InChI=1S/C28H16ClF5N4O5/c29-20-2-1-16(30)8-18(20)24-23-19(26(42)38-24)5-12(14-9-35-27(36-10-14)43-11-22(39)40)6-21(23)37-25(41)13-3-15(28(32,33)34)7-17(31)4-13/h1-10,24H,11H2,(H,37,41)(H,38,42)(H,39,40). The van der Waals surface area contributed by atoms with Crippen molar-refractivity contribution in [2.24, 2.45) is 0 Å². The number of ether oxygens (including phenoxy) is 1. The number of rotatable bonds is 7. The minimum atomic E-state index is -4.94. The van der Waals surface area contributed by atoms with Crippen LogP contribution in [0.5, 0.6) is 6.01 Å². The van der Waals surface area contributed by atoms with Crippen LogP contribution in [0.4, 0.5) is 27.6 Å². The number of hydrogen-bond donors (Lipinski definition) is 3. The molecule has 3 N–H and O–H groups in total. The zero-order chi connectivity index (χ0) is 31.1. The van der Waals surface area contributed by atoms with Gasteiger partial charge in [-0.25, -0.2) is 23.5 Å². The number of hydrogen-bond acceptors (Lipinski definition) is 6. The number of carbonyl (C=O) groups excluding carboxylic acids is 2. The van der Waals surface area contributed by atoms with Crippen LogP contribution in [-0.2, 0) is 11.0 Å². The molecule has 0 radical (unpaired) electrons. The molecule has 1 aliphatic rings. The Labute approximate surface area is 243 Å². The minimum Gasteiger partial charge on any atom is -0.479 e. The fourth-order valence-electron chi connectivity index (χ4n) is 4.42. The fourth-order valence-corrected chi connectivity index (χ4v) is 4.64. The first-order valence-corrected chi connectivity index (χ1v) is 12.5. The summed E-state index contributed by atoms with van der Waals surface area (Å²) in [6.45, 7) is -0.700. The van der Waals surface area contributed by atoms with Gasteiger partial charge in [-0.05, 0) is 54.1 Å². The lowest BCUT2D eigenvalue weighted by molar-refractivity contribution is -0.139. The first-order valence-electron chi connectivity index (χ1n) is 12.1. The maximum Gasteiger partial charge on any atom is 0.416 e. The van der Waals surface area contributed by atoms with E-state index in [2.05, 4.69) is 20.6 Å². The molecule has 3 aromatic carbocycles. The van der Waals surface area contributed by atoms with Crippen molar-refractivity contribution in [1.29, 1.82) is 0 Å². The molecule has 4 aromatic rings. The molecule has 1 aliphatic heterocycles. The highest BCUT2D eigenvalue weighted by atomic mass is 35.5. The zero-order valence-corrected chi connectivity index (χ0v) is 22.1. The maximum absolute atomic E-state index is 14.2. The van der Waals surface area contributed by atoms with Gasteiger partial charge in [0.15, 0.2) is 6.61 Å². The van der Waals surface area contributed by atoms with Crippen LogP contribution in [0.2, 0.25) is 5.02 Å². The number of nitrogens with zero attached hydrogens (tertiary/aromatic N) is 2. The summed E-state index contributed by atoms with van der Waals surface area (Å²) >= 11 is 6.29. The first kappa shape index (κ1) is 29.4. The predicted octanol–water partition coefficient (Wildman–Crippen LogP) is 5.64. The smallest absolute Gasteiger partial charge is 0.416 e. The van der Waals surface area contributed by atoms with Gasteiger partial charge >= 0.3 is 18.2 Å². The lowest BCUT2D eigenvalue weighted by atomic mass is 9.93. The number of carboxylic acid groups (broad SMARTS) is 1. The van der Waals surface area contributed by atoms with Crippen molar-refractivity contribution in [3.63, 3.8) is 0 Å². The Morgan fingerprint density at radius 1 is 1.00 bits per heavy atom. The predicted molar refractivity (Wildman–Crippen MR) is 141 cm³/mol. The molecule has 0 aliphatic carbocycles. The second-order valence-electron chi connectivity index (χ2n) is 9.17. The highest BCUT2D eigenvalue weighted by molar-refractivity contribution is 6.31. The van der Waals surface area contributed by atoms with Crippen molar-refractivity contribution in [2.75, 3.05) is 11.9 Å². The van der Waals surface area contributed by atoms with Gasteiger partial charge in [-0.2, -0.15) is 13.2 Å². The summed E-state index contributed by atoms with van der Waals surface area (Å²) in [5, 5.41) is 13.9. The van der Waals surface area contributed by atoms with E-state index in [1.165, 1.54) is 30.6 Å². The number of fused-ring (bicyclic) bond motifs is 1. The molecule has 0 fully saturated rings. The Kier molecular flexibility index (Phi) is 7.71. The molecule has 15 heteroatoms. The average molecular weight is 619 g/mol. The number of alkyl halides is 3. The molecule has 220 valence electrons. The van der Waals surface area contributed by atoms with Crippen LogP contribution in [0.1, 0.15) is 43.4 Å².